The van der Waals surface area contributed by atoms with Crippen LogP contribution in [0.3, 0.4) is 0 Å². The number of hydrogen-bond donors (Lipinski definition) is 1. The number of carbonyl (C=O) groups excluding carboxylic acids is 2. The lowest BCUT2D eigenvalue weighted by molar-refractivity contribution is -0.127. The monoisotopic (exact) mass is 484 g/mol. The molecule has 36 heavy (non-hydrogen) atoms. The predicted octanol–water partition coefficient (Wildman–Crippen LogP) is 3.65. The fourth-order valence-corrected chi connectivity index (χ4v) is 3.95. The van der Waals surface area contributed by atoms with E-state index in [0.29, 0.717) is 22.4 Å². The maximum absolute atomic E-state index is 15.1. The van der Waals surface area contributed by atoms with Gasteiger partial charge in [-0.3, -0.25) is 19.5 Å². The molecule has 5 rings (SSSR count). The Labute approximate surface area is 205 Å². The molecule has 2 aromatic carbocycles. The Kier molecular flexibility index (Phi) is 6.48. The predicted molar refractivity (Wildman–Crippen MR) is 129 cm³/mol. The first-order valence-corrected chi connectivity index (χ1v) is 11.2. The number of aromatic nitrogens is 4. The van der Waals surface area contributed by atoms with E-state index in [9.17, 15) is 9.59 Å². The summed E-state index contributed by atoms with van der Waals surface area (Å²) in [5.41, 5.74) is 1.68. The summed E-state index contributed by atoms with van der Waals surface area (Å²) in [7, 11) is 0. The molecule has 0 bridgehead atoms. The normalized spacial score (nSPS) is 11.8. The molecule has 180 valence electrons. The number of furan rings is 1. The second-order valence-corrected chi connectivity index (χ2v) is 7.93. The highest BCUT2D eigenvalue weighted by molar-refractivity contribution is 6.01. The van der Waals surface area contributed by atoms with Crippen molar-refractivity contribution in [1.82, 2.24) is 25.3 Å². The Morgan fingerprint density at radius 1 is 1.00 bits per heavy atom. The number of nitrogens with zero attached hydrogens (tertiary/aromatic N) is 5. The lowest BCUT2D eigenvalue weighted by Crippen LogP contribution is -2.45. The molecule has 0 saturated carbocycles. The SMILES string of the molecule is O=C(NCc1ccco1)[C@@H](c1ccncc1)N(C(=O)Cn1nnc2ccccc21)c1ccccc1F. The van der Waals surface area contributed by atoms with Crippen LogP contribution in [-0.2, 0) is 22.7 Å². The van der Waals surface area contributed by atoms with Crippen molar-refractivity contribution < 1.29 is 18.4 Å². The van der Waals surface area contributed by atoms with Gasteiger partial charge >= 0.3 is 0 Å². The zero-order chi connectivity index (χ0) is 24.9. The highest BCUT2D eigenvalue weighted by Crippen LogP contribution is 2.30. The average Bonchev–Trinajstić information content (AvgIpc) is 3.57. The number of pyridine rings is 1. The minimum atomic E-state index is -1.19. The van der Waals surface area contributed by atoms with Crippen molar-refractivity contribution in [3.05, 3.63) is 109 Å². The fraction of sp³-hybridized carbons (Fsp3) is 0.115. The average molecular weight is 484 g/mol. The van der Waals surface area contributed by atoms with Gasteiger partial charge in [0.05, 0.1) is 24.0 Å². The molecule has 0 radical (unpaired) electrons. The van der Waals surface area contributed by atoms with E-state index in [-0.39, 0.29) is 18.8 Å². The van der Waals surface area contributed by atoms with Crippen LogP contribution in [0.5, 0.6) is 0 Å². The number of carbonyl (C=O) groups is 2. The van der Waals surface area contributed by atoms with Crippen molar-refractivity contribution in [3.8, 4) is 0 Å². The maximum atomic E-state index is 15.1. The zero-order valence-corrected chi connectivity index (χ0v) is 19.0. The van der Waals surface area contributed by atoms with E-state index < -0.39 is 23.7 Å². The largest absolute Gasteiger partial charge is 0.467 e. The molecule has 5 aromatic rings. The van der Waals surface area contributed by atoms with Gasteiger partial charge in [0.2, 0.25) is 11.8 Å². The van der Waals surface area contributed by atoms with Crippen LogP contribution in [0.1, 0.15) is 17.4 Å². The van der Waals surface area contributed by atoms with Crippen molar-refractivity contribution in [3.63, 3.8) is 0 Å². The van der Waals surface area contributed by atoms with Gasteiger partial charge in [0.1, 0.15) is 29.7 Å². The molecule has 0 spiro atoms. The number of anilines is 1. The summed E-state index contributed by atoms with van der Waals surface area (Å²) >= 11 is 0. The van der Waals surface area contributed by atoms with Crippen LogP contribution in [0.15, 0.2) is 95.9 Å². The molecule has 0 fully saturated rings. The van der Waals surface area contributed by atoms with Crippen molar-refractivity contribution in [2.75, 3.05) is 4.90 Å². The first-order valence-electron chi connectivity index (χ1n) is 11.2. The van der Waals surface area contributed by atoms with Gasteiger partial charge in [0.15, 0.2) is 0 Å². The summed E-state index contributed by atoms with van der Waals surface area (Å²) in [4.78, 5) is 32.5. The Morgan fingerprint density at radius 3 is 2.56 bits per heavy atom. The number of halogens is 1. The van der Waals surface area contributed by atoms with E-state index in [0.717, 1.165) is 4.90 Å². The van der Waals surface area contributed by atoms with Gasteiger partial charge in [0, 0.05) is 12.4 Å². The van der Waals surface area contributed by atoms with Gasteiger partial charge in [-0.25, -0.2) is 9.07 Å². The molecule has 9 nitrogen and oxygen atoms in total. The highest BCUT2D eigenvalue weighted by Gasteiger charge is 2.34. The summed E-state index contributed by atoms with van der Waals surface area (Å²) in [6.45, 7) is -0.164. The molecule has 3 aromatic heterocycles. The van der Waals surface area contributed by atoms with Crippen molar-refractivity contribution in [1.29, 1.82) is 0 Å². The first-order chi connectivity index (χ1) is 17.6. The van der Waals surface area contributed by atoms with E-state index in [4.69, 9.17) is 4.42 Å². The minimum Gasteiger partial charge on any atom is -0.467 e. The quantitative estimate of drug-likeness (QED) is 0.360. The molecule has 0 aliphatic carbocycles. The first kappa shape index (κ1) is 22.9. The summed E-state index contributed by atoms with van der Waals surface area (Å²) in [5.74, 6) is -1.18. The number of benzene rings is 2. The number of para-hydroxylation sites is 2. The molecule has 0 saturated heterocycles. The molecule has 2 amide bonds. The molecular formula is C26H21FN6O3. The second-order valence-electron chi connectivity index (χ2n) is 7.93. The minimum absolute atomic E-state index is 0.0399. The number of amides is 2. The van der Waals surface area contributed by atoms with Crippen molar-refractivity contribution in [2.24, 2.45) is 0 Å². The third-order valence-electron chi connectivity index (χ3n) is 5.63. The zero-order valence-electron chi connectivity index (χ0n) is 19.0. The summed E-state index contributed by atoms with van der Waals surface area (Å²) in [5, 5.41) is 11.0. The second kappa shape index (κ2) is 10.2. The van der Waals surface area contributed by atoms with Gasteiger partial charge in [0.25, 0.3) is 0 Å². The third-order valence-corrected chi connectivity index (χ3v) is 5.63. The fourth-order valence-electron chi connectivity index (χ4n) is 3.95. The summed E-state index contributed by atoms with van der Waals surface area (Å²) in [6, 6.07) is 18.5. The van der Waals surface area contributed by atoms with Crippen LogP contribution < -0.4 is 10.2 Å². The lowest BCUT2D eigenvalue weighted by atomic mass is 10.0. The van der Waals surface area contributed by atoms with E-state index in [1.54, 1.807) is 42.5 Å². The van der Waals surface area contributed by atoms with Crippen LogP contribution in [0, 0.1) is 5.82 Å². The summed E-state index contributed by atoms with van der Waals surface area (Å²) in [6.07, 6.45) is 4.52. The Hall–Kier alpha value is -4.86. The van der Waals surface area contributed by atoms with E-state index in [2.05, 4.69) is 20.6 Å². The van der Waals surface area contributed by atoms with Crippen LogP contribution in [-0.4, -0.2) is 31.8 Å². The van der Waals surface area contributed by atoms with Crippen LogP contribution in [0.2, 0.25) is 0 Å². The van der Waals surface area contributed by atoms with Gasteiger partial charge < -0.3 is 9.73 Å². The van der Waals surface area contributed by atoms with Crippen molar-refractivity contribution >= 4 is 28.5 Å². The van der Waals surface area contributed by atoms with Crippen LogP contribution in [0.4, 0.5) is 10.1 Å². The van der Waals surface area contributed by atoms with Crippen LogP contribution >= 0.6 is 0 Å². The maximum Gasteiger partial charge on any atom is 0.249 e. The van der Waals surface area contributed by atoms with Crippen LogP contribution in [0.25, 0.3) is 11.0 Å². The van der Waals surface area contributed by atoms with Crippen molar-refractivity contribution in [2.45, 2.75) is 19.1 Å². The smallest absolute Gasteiger partial charge is 0.249 e. The molecule has 10 heteroatoms. The molecule has 1 N–H and O–H groups in total. The summed E-state index contributed by atoms with van der Waals surface area (Å²) < 4.78 is 21.8. The van der Waals surface area contributed by atoms with E-state index in [1.807, 2.05) is 12.1 Å². The van der Waals surface area contributed by atoms with Gasteiger partial charge in [-0.1, -0.05) is 29.5 Å². The number of hydrogen-bond acceptors (Lipinski definition) is 6. The molecule has 3 heterocycles. The topological polar surface area (TPSA) is 106 Å². The van der Waals surface area contributed by atoms with Gasteiger partial charge in [-0.05, 0) is 54.1 Å². The highest BCUT2D eigenvalue weighted by atomic mass is 19.1. The number of rotatable bonds is 8. The van der Waals surface area contributed by atoms with Gasteiger partial charge in [-0.15, -0.1) is 5.10 Å². The Balaban J connectivity index is 1.55. The molecular weight excluding hydrogens is 463 g/mol. The van der Waals surface area contributed by atoms with E-state index >= 15 is 4.39 Å². The van der Waals surface area contributed by atoms with Gasteiger partial charge in [-0.2, -0.15) is 0 Å². The third kappa shape index (κ3) is 4.69. The number of fused-ring (bicyclic) bond motifs is 1. The molecule has 0 unspecified atom stereocenters. The Morgan fingerprint density at radius 2 is 1.78 bits per heavy atom. The molecule has 1 atom stereocenters. The molecule has 0 aliphatic heterocycles. The lowest BCUT2D eigenvalue weighted by Gasteiger charge is -2.31. The van der Waals surface area contributed by atoms with E-state index in [1.165, 1.54) is 41.5 Å². The number of nitrogens with one attached hydrogen (secondary N) is 1. The molecule has 0 aliphatic rings. The standard InChI is InChI=1S/C26H21FN6O3/c27-20-7-1-3-9-22(20)33(24(34)17-32-23-10-4-2-8-21(23)30-31-32)25(18-11-13-28-14-12-18)26(35)29-16-19-6-5-15-36-19/h1-15,25H,16-17H2,(H,29,35)/t25-/m1/s1. The Bertz CT molecular complexity index is 1490.